The van der Waals surface area contributed by atoms with Crippen molar-refractivity contribution < 1.29 is 29.3 Å². The van der Waals surface area contributed by atoms with Crippen LogP contribution in [0.5, 0.6) is 5.75 Å². The molecule has 1 aliphatic carbocycles. The minimum Gasteiger partial charge on any atom is -0.508 e. The lowest BCUT2D eigenvalue weighted by atomic mass is 9.59. The van der Waals surface area contributed by atoms with Crippen molar-refractivity contribution in [3.63, 3.8) is 0 Å². The summed E-state index contributed by atoms with van der Waals surface area (Å²) in [5.74, 6) is -1.60. The quantitative estimate of drug-likeness (QED) is 0.382. The molecule has 2 unspecified atom stereocenters. The average Bonchev–Trinajstić information content (AvgIpc) is 2.91. The third-order valence-corrected chi connectivity index (χ3v) is 8.57. The maximum Gasteiger partial charge on any atom is 0.189 e. The zero-order chi connectivity index (χ0) is 27.7. The smallest absolute Gasteiger partial charge is 0.189 e. The number of piperidine rings is 1. The first-order chi connectivity index (χ1) is 18.7. The Kier molecular flexibility index (Phi) is 7.71. The number of ketones is 2. The Bertz CT molecular complexity index is 1340. The maximum absolute atomic E-state index is 14.7. The van der Waals surface area contributed by atoms with Crippen molar-refractivity contribution in [2.24, 2.45) is 17.3 Å². The number of phenols is 1. The second kappa shape index (κ2) is 11.0. The number of β-amino-alcohol motifs (C(OH)–C–C–N with tert-alkyl or cyclic N) is 1. The van der Waals surface area contributed by atoms with Crippen molar-refractivity contribution in [1.82, 2.24) is 10.2 Å². The number of halogens is 1. The molecular formula is C31H35FN2O5. The summed E-state index contributed by atoms with van der Waals surface area (Å²) in [7, 11) is 0. The molecule has 2 saturated heterocycles. The van der Waals surface area contributed by atoms with Gasteiger partial charge in [-0.25, -0.2) is 4.39 Å². The Labute approximate surface area is 227 Å². The number of phenolic OH excluding ortho intramolecular Hbond substituents is 1. The molecule has 4 N–H and O–H groups in total. The molecule has 2 atom stereocenters. The van der Waals surface area contributed by atoms with E-state index in [1.54, 1.807) is 31.2 Å². The highest BCUT2D eigenvalue weighted by atomic mass is 19.1. The first kappa shape index (κ1) is 27.2. The van der Waals surface area contributed by atoms with E-state index in [1.165, 1.54) is 24.3 Å². The summed E-state index contributed by atoms with van der Waals surface area (Å²) in [4.78, 5) is 30.5. The van der Waals surface area contributed by atoms with Crippen LogP contribution in [0.1, 0.15) is 40.7 Å². The summed E-state index contributed by atoms with van der Waals surface area (Å²) in [5, 5.41) is 34.4. The minimum absolute atomic E-state index is 0.00539. The van der Waals surface area contributed by atoms with Crippen LogP contribution in [0.15, 0.2) is 59.9 Å². The van der Waals surface area contributed by atoms with Crippen molar-refractivity contribution in [3.05, 3.63) is 82.4 Å². The topological polar surface area (TPSA) is 110 Å². The van der Waals surface area contributed by atoms with E-state index in [0.717, 1.165) is 19.4 Å². The highest BCUT2D eigenvalue weighted by Crippen LogP contribution is 2.51. The third-order valence-electron chi connectivity index (χ3n) is 8.57. The molecule has 0 aromatic heterocycles. The number of benzene rings is 2. The summed E-state index contributed by atoms with van der Waals surface area (Å²) >= 11 is 0. The highest BCUT2D eigenvalue weighted by Gasteiger charge is 2.53. The average molecular weight is 535 g/mol. The van der Waals surface area contributed by atoms with Gasteiger partial charge in [0.25, 0.3) is 0 Å². The number of likely N-dealkylation sites (tertiary alicyclic amines) is 1. The Morgan fingerprint density at radius 2 is 1.92 bits per heavy atom. The number of aliphatic hydroxyl groups is 2. The van der Waals surface area contributed by atoms with Crippen LogP contribution < -0.4 is 5.32 Å². The van der Waals surface area contributed by atoms with Crippen LogP contribution in [-0.2, 0) is 4.79 Å². The summed E-state index contributed by atoms with van der Waals surface area (Å²) in [6.07, 6.45) is 3.26. The van der Waals surface area contributed by atoms with E-state index in [0.29, 0.717) is 37.3 Å². The molecule has 5 rings (SSSR count). The number of nitrogens with zero attached hydrogens (tertiary/aromatic N) is 1. The first-order valence-electron chi connectivity index (χ1n) is 13.6. The minimum atomic E-state index is -1.13. The highest BCUT2D eigenvalue weighted by molar-refractivity contribution is 6.16. The van der Waals surface area contributed by atoms with E-state index in [9.17, 15) is 29.3 Å². The number of carbonyl (C=O) groups is 2. The first-order valence-corrected chi connectivity index (χ1v) is 13.6. The number of hydrogen-bond donors (Lipinski definition) is 4. The van der Waals surface area contributed by atoms with E-state index < -0.39 is 17.0 Å². The number of allylic oxidation sites excluding steroid dienone is 3. The lowest BCUT2D eigenvalue weighted by molar-refractivity contribution is -0.138. The molecule has 2 aromatic rings. The van der Waals surface area contributed by atoms with E-state index >= 15 is 0 Å². The second-order valence-electron chi connectivity index (χ2n) is 11.0. The molecular weight excluding hydrogens is 499 g/mol. The van der Waals surface area contributed by atoms with Crippen LogP contribution in [0.2, 0.25) is 0 Å². The summed E-state index contributed by atoms with van der Waals surface area (Å²) in [6.45, 7) is 4.58. The van der Waals surface area contributed by atoms with Crippen LogP contribution in [-0.4, -0.2) is 71.1 Å². The number of hydrogen-bond acceptors (Lipinski definition) is 7. The van der Waals surface area contributed by atoms with E-state index in [4.69, 9.17) is 0 Å². The molecule has 0 radical (unpaired) electrons. The third kappa shape index (κ3) is 5.04. The summed E-state index contributed by atoms with van der Waals surface area (Å²) in [6, 6.07) is 10.5. The summed E-state index contributed by atoms with van der Waals surface area (Å²) in [5.41, 5.74) is 0.225. The molecule has 2 fully saturated rings. The molecule has 0 bridgehead atoms. The Hall–Kier alpha value is -3.33. The van der Waals surface area contributed by atoms with Crippen molar-refractivity contribution in [1.29, 1.82) is 0 Å². The maximum atomic E-state index is 14.7. The normalized spacial score (nSPS) is 24.3. The van der Waals surface area contributed by atoms with Gasteiger partial charge in [0.15, 0.2) is 5.78 Å². The van der Waals surface area contributed by atoms with Crippen LogP contribution in [0.3, 0.4) is 0 Å². The van der Waals surface area contributed by atoms with Gasteiger partial charge in [0.1, 0.15) is 23.1 Å². The monoisotopic (exact) mass is 534 g/mol. The lowest BCUT2D eigenvalue weighted by Crippen LogP contribution is -2.59. The summed E-state index contributed by atoms with van der Waals surface area (Å²) < 4.78 is 14.7. The molecule has 2 aromatic carbocycles. The van der Waals surface area contributed by atoms with Gasteiger partial charge in [-0.15, -0.1) is 0 Å². The Balaban J connectivity index is 1.66. The molecule has 3 aliphatic rings. The zero-order valence-electron chi connectivity index (χ0n) is 22.1. The van der Waals surface area contributed by atoms with Gasteiger partial charge in [0, 0.05) is 54.7 Å². The number of rotatable bonds is 8. The van der Waals surface area contributed by atoms with Gasteiger partial charge in [-0.3, -0.25) is 9.59 Å². The molecule has 2 aliphatic heterocycles. The van der Waals surface area contributed by atoms with Crippen LogP contribution in [0.25, 0.3) is 5.57 Å². The molecule has 7 nitrogen and oxygen atoms in total. The standard InChI is InChI=1S/C31H35FN2O5/c1-19-24(8-3-9-26(19)32)28-25(29(38)20-5-2-7-23(36)13-20)14-31(15-27(28)37,22-17-34(18-22)11-12-35)30(39)21-6-4-10-33-16-21/h2-3,5,7-9,13,15,21-22,33,35-37H,4,6,10-12,14,16-18H2,1H3. The van der Waals surface area contributed by atoms with E-state index in [2.05, 4.69) is 10.2 Å². The van der Waals surface area contributed by atoms with Crippen molar-refractivity contribution in [2.75, 3.05) is 39.3 Å². The number of nitrogens with one attached hydrogen (secondary N) is 1. The predicted molar refractivity (Wildman–Crippen MR) is 146 cm³/mol. The SMILES string of the molecule is Cc1c(F)cccc1C1=C(C(=O)c2cccc(O)c2)CC(C(=O)C2CCCNC2)(C2CN(CCO)C2)C=C1O. The number of aromatic hydroxyl groups is 1. The van der Waals surface area contributed by atoms with Gasteiger partial charge in [0.2, 0.25) is 0 Å². The Morgan fingerprint density at radius 3 is 2.62 bits per heavy atom. The largest absolute Gasteiger partial charge is 0.508 e. The molecule has 0 amide bonds. The number of Topliss-reactive ketones (excluding diaryl/α,β-unsaturated/α-hetero) is 2. The van der Waals surface area contributed by atoms with Gasteiger partial charge in [-0.2, -0.15) is 0 Å². The van der Waals surface area contributed by atoms with Crippen LogP contribution >= 0.6 is 0 Å². The molecule has 2 heterocycles. The number of carbonyl (C=O) groups excluding carboxylic acids is 2. The fourth-order valence-corrected chi connectivity index (χ4v) is 6.39. The van der Waals surface area contributed by atoms with Crippen LogP contribution in [0, 0.1) is 30.0 Å². The van der Waals surface area contributed by atoms with Gasteiger partial charge < -0.3 is 25.5 Å². The van der Waals surface area contributed by atoms with Crippen molar-refractivity contribution >= 4 is 17.1 Å². The van der Waals surface area contributed by atoms with Crippen LogP contribution in [0.4, 0.5) is 4.39 Å². The van der Waals surface area contributed by atoms with Gasteiger partial charge in [-0.05, 0) is 68.1 Å². The number of aliphatic hydroxyl groups excluding tert-OH is 2. The van der Waals surface area contributed by atoms with Crippen molar-refractivity contribution in [3.8, 4) is 5.75 Å². The van der Waals surface area contributed by atoms with Crippen molar-refractivity contribution in [2.45, 2.75) is 26.2 Å². The van der Waals surface area contributed by atoms with Gasteiger partial charge in [-0.1, -0.05) is 24.3 Å². The molecule has 0 saturated carbocycles. The van der Waals surface area contributed by atoms with E-state index in [1.807, 2.05) is 0 Å². The molecule has 206 valence electrons. The fraction of sp³-hybridized carbons (Fsp3) is 0.419. The predicted octanol–water partition coefficient (Wildman–Crippen LogP) is 3.80. The Morgan fingerprint density at radius 1 is 1.15 bits per heavy atom. The lowest BCUT2D eigenvalue weighted by Gasteiger charge is -2.51. The molecule has 8 heteroatoms. The second-order valence-corrected chi connectivity index (χ2v) is 11.0. The van der Waals surface area contributed by atoms with E-state index in [-0.39, 0.29) is 58.9 Å². The zero-order valence-corrected chi connectivity index (χ0v) is 22.1. The fourth-order valence-electron chi connectivity index (χ4n) is 6.39. The molecule has 0 spiro atoms. The molecule has 39 heavy (non-hydrogen) atoms. The van der Waals surface area contributed by atoms with Gasteiger partial charge in [0.05, 0.1) is 12.0 Å². The van der Waals surface area contributed by atoms with Gasteiger partial charge >= 0.3 is 0 Å².